The van der Waals surface area contributed by atoms with Crippen LogP contribution < -0.4 is 10.6 Å². The van der Waals surface area contributed by atoms with Gasteiger partial charge in [0.25, 0.3) is 0 Å². The van der Waals surface area contributed by atoms with Gasteiger partial charge in [-0.25, -0.2) is 0 Å². The van der Waals surface area contributed by atoms with Gasteiger partial charge in [0, 0.05) is 29.7 Å². The van der Waals surface area contributed by atoms with E-state index in [4.69, 9.17) is 18.0 Å². The first-order chi connectivity index (χ1) is 8.75. The molecule has 0 aliphatic rings. The molecule has 0 spiro atoms. The number of thiocarbonyl (C=S) groups is 1. The second-order valence-electron chi connectivity index (χ2n) is 3.94. The smallest absolute Gasteiger partial charge is 0.0794 e. The molecule has 18 heavy (non-hydrogen) atoms. The molecule has 0 amide bonds. The molecule has 0 saturated heterocycles. The molecule has 1 aromatic heterocycles. The monoisotopic (exact) mass is 277 g/mol. The van der Waals surface area contributed by atoms with Crippen LogP contribution in [-0.4, -0.2) is 16.5 Å². The Balaban J connectivity index is 2.10. The van der Waals surface area contributed by atoms with E-state index < -0.39 is 0 Å². The van der Waals surface area contributed by atoms with Crippen molar-refractivity contribution in [2.75, 3.05) is 11.4 Å². The molecule has 0 bridgehead atoms. The van der Waals surface area contributed by atoms with Gasteiger partial charge in [0.15, 0.2) is 0 Å². The molecule has 2 N–H and O–H groups in total. The number of benzene rings is 1. The van der Waals surface area contributed by atoms with Crippen LogP contribution in [0.2, 0.25) is 0 Å². The van der Waals surface area contributed by atoms with Gasteiger partial charge < -0.3 is 10.6 Å². The van der Waals surface area contributed by atoms with Gasteiger partial charge in [0.2, 0.25) is 0 Å². The van der Waals surface area contributed by atoms with Gasteiger partial charge in [-0.15, -0.1) is 11.3 Å². The van der Waals surface area contributed by atoms with Crippen molar-refractivity contribution in [2.24, 2.45) is 5.73 Å². The van der Waals surface area contributed by atoms with E-state index in [2.05, 4.69) is 22.0 Å². The largest absolute Gasteiger partial charge is 0.393 e. The lowest BCUT2D eigenvalue weighted by Crippen LogP contribution is -2.26. The highest BCUT2D eigenvalue weighted by molar-refractivity contribution is 7.80. The fraction of sp³-hybridized carbons (Fsp3) is 0.231. The topological polar surface area (TPSA) is 42.1 Å². The standard InChI is InChI=1S/C13H15N3S2/c14-13(17)6-7-16(9-12-8-15-10-18-12)11-4-2-1-3-5-11/h1-5,8,10H,6-7,9H2,(H2,14,17). The highest BCUT2D eigenvalue weighted by Gasteiger charge is 2.08. The van der Waals surface area contributed by atoms with Crippen molar-refractivity contribution < 1.29 is 0 Å². The van der Waals surface area contributed by atoms with Crippen molar-refractivity contribution in [2.45, 2.75) is 13.0 Å². The molecule has 94 valence electrons. The summed E-state index contributed by atoms with van der Waals surface area (Å²) in [6.45, 7) is 1.68. The molecule has 0 radical (unpaired) electrons. The first-order valence-electron chi connectivity index (χ1n) is 5.71. The van der Waals surface area contributed by atoms with Crippen LogP contribution in [-0.2, 0) is 6.54 Å². The molecular weight excluding hydrogens is 262 g/mol. The summed E-state index contributed by atoms with van der Waals surface area (Å²) in [5, 5.41) is 0. The summed E-state index contributed by atoms with van der Waals surface area (Å²) < 4.78 is 0. The number of nitrogens with two attached hydrogens (primary N) is 1. The molecular formula is C13H15N3S2. The van der Waals surface area contributed by atoms with Crippen molar-refractivity contribution in [3.8, 4) is 0 Å². The average Bonchev–Trinajstić information content (AvgIpc) is 2.88. The summed E-state index contributed by atoms with van der Waals surface area (Å²) in [6.07, 6.45) is 2.63. The first kappa shape index (κ1) is 13.0. The zero-order chi connectivity index (χ0) is 12.8. The number of hydrogen-bond acceptors (Lipinski definition) is 4. The summed E-state index contributed by atoms with van der Waals surface area (Å²) >= 11 is 6.62. The van der Waals surface area contributed by atoms with E-state index in [1.165, 1.54) is 10.6 Å². The van der Waals surface area contributed by atoms with E-state index in [0.29, 0.717) is 4.99 Å². The van der Waals surface area contributed by atoms with Crippen molar-refractivity contribution in [3.05, 3.63) is 46.9 Å². The Morgan fingerprint density at radius 1 is 1.33 bits per heavy atom. The Morgan fingerprint density at radius 3 is 2.72 bits per heavy atom. The van der Waals surface area contributed by atoms with E-state index in [1.54, 1.807) is 11.3 Å². The van der Waals surface area contributed by atoms with Gasteiger partial charge in [-0.3, -0.25) is 4.98 Å². The maximum absolute atomic E-state index is 5.59. The zero-order valence-corrected chi connectivity index (χ0v) is 11.6. The van der Waals surface area contributed by atoms with Crippen LogP contribution in [0.1, 0.15) is 11.3 Å². The van der Waals surface area contributed by atoms with E-state index in [1.807, 2.05) is 29.9 Å². The van der Waals surface area contributed by atoms with Gasteiger partial charge in [0.1, 0.15) is 0 Å². The van der Waals surface area contributed by atoms with Crippen LogP contribution in [0, 0.1) is 0 Å². The van der Waals surface area contributed by atoms with Crippen LogP contribution in [0.3, 0.4) is 0 Å². The number of anilines is 1. The molecule has 2 rings (SSSR count). The van der Waals surface area contributed by atoms with E-state index in [0.717, 1.165) is 19.5 Å². The third-order valence-electron chi connectivity index (χ3n) is 2.58. The van der Waals surface area contributed by atoms with Crippen LogP contribution in [0.15, 0.2) is 42.0 Å². The molecule has 0 fully saturated rings. The maximum atomic E-state index is 5.59. The molecule has 0 atom stereocenters. The Morgan fingerprint density at radius 2 is 2.11 bits per heavy atom. The van der Waals surface area contributed by atoms with Crippen molar-refractivity contribution >= 4 is 34.2 Å². The molecule has 2 aromatic rings. The van der Waals surface area contributed by atoms with Crippen LogP contribution in [0.5, 0.6) is 0 Å². The van der Waals surface area contributed by atoms with Gasteiger partial charge >= 0.3 is 0 Å². The highest BCUT2D eigenvalue weighted by Crippen LogP contribution is 2.18. The van der Waals surface area contributed by atoms with Gasteiger partial charge in [-0.05, 0) is 12.1 Å². The molecule has 0 aliphatic carbocycles. The summed E-state index contributed by atoms with van der Waals surface area (Å²) in [4.78, 5) is 8.17. The predicted octanol–water partition coefficient (Wildman–Crippen LogP) is 2.83. The third-order valence-corrected chi connectivity index (χ3v) is 3.55. The first-order valence-corrected chi connectivity index (χ1v) is 7.00. The van der Waals surface area contributed by atoms with Gasteiger partial charge in [-0.1, -0.05) is 30.4 Å². The lowest BCUT2D eigenvalue weighted by Gasteiger charge is -2.23. The van der Waals surface area contributed by atoms with Crippen molar-refractivity contribution in [1.29, 1.82) is 0 Å². The Kier molecular flexibility index (Phi) is 4.66. The minimum atomic E-state index is 0.556. The predicted molar refractivity (Wildman–Crippen MR) is 81.0 cm³/mol. The van der Waals surface area contributed by atoms with E-state index in [9.17, 15) is 0 Å². The van der Waals surface area contributed by atoms with Crippen LogP contribution in [0.25, 0.3) is 0 Å². The lowest BCUT2D eigenvalue weighted by molar-refractivity contribution is 0.814. The highest BCUT2D eigenvalue weighted by atomic mass is 32.1. The molecule has 1 heterocycles. The molecule has 0 unspecified atom stereocenters. The quantitative estimate of drug-likeness (QED) is 0.825. The zero-order valence-electron chi connectivity index (χ0n) is 9.95. The number of rotatable bonds is 6. The second-order valence-corrected chi connectivity index (χ2v) is 5.44. The third kappa shape index (κ3) is 3.78. The minimum Gasteiger partial charge on any atom is -0.393 e. The average molecular weight is 277 g/mol. The van der Waals surface area contributed by atoms with Crippen molar-refractivity contribution in [3.63, 3.8) is 0 Å². The van der Waals surface area contributed by atoms with Crippen LogP contribution in [0.4, 0.5) is 5.69 Å². The lowest BCUT2D eigenvalue weighted by atomic mass is 10.2. The minimum absolute atomic E-state index is 0.556. The SMILES string of the molecule is NC(=S)CCN(Cc1cncs1)c1ccccc1. The normalized spacial score (nSPS) is 10.2. The number of thiazole rings is 1. The van der Waals surface area contributed by atoms with E-state index in [-0.39, 0.29) is 0 Å². The summed E-state index contributed by atoms with van der Waals surface area (Å²) in [7, 11) is 0. The van der Waals surface area contributed by atoms with Gasteiger partial charge in [-0.2, -0.15) is 0 Å². The molecule has 5 heteroatoms. The summed E-state index contributed by atoms with van der Waals surface area (Å²) in [5.41, 5.74) is 8.62. The Hall–Kier alpha value is -1.46. The fourth-order valence-electron chi connectivity index (χ4n) is 1.69. The summed E-state index contributed by atoms with van der Waals surface area (Å²) in [5.74, 6) is 0. The summed E-state index contributed by atoms with van der Waals surface area (Å²) in [6, 6.07) is 10.3. The number of aromatic nitrogens is 1. The molecule has 1 aromatic carbocycles. The fourth-order valence-corrected chi connectivity index (χ4v) is 2.39. The van der Waals surface area contributed by atoms with Crippen LogP contribution >= 0.6 is 23.6 Å². The Labute approximate surface area is 116 Å². The van der Waals surface area contributed by atoms with Gasteiger partial charge in [0.05, 0.1) is 17.0 Å². The molecule has 3 nitrogen and oxygen atoms in total. The Bertz CT molecular complexity index is 482. The maximum Gasteiger partial charge on any atom is 0.0794 e. The van der Waals surface area contributed by atoms with E-state index >= 15 is 0 Å². The number of para-hydroxylation sites is 1. The number of hydrogen-bond donors (Lipinski definition) is 1. The molecule has 0 saturated carbocycles. The molecule has 0 aliphatic heterocycles. The second kappa shape index (κ2) is 6.47. The van der Waals surface area contributed by atoms with Crippen molar-refractivity contribution in [1.82, 2.24) is 4.98 Å². The number of nitrogens with zero attached hydrogens (tertiary/aromatic N) is 2.